The molecule has 1 spiro atoms. The second-order valence-corrected chi connectivity index (χ2v) is 11.5. The van der Waals surface area contributed by atoms with Crippen molar-refractivity contribution < 1.29 is 48.3 Å². The molecule has 0 bridgehead atoms. The number of allylic oxidation sites excluding steroid dienone is 1. The van der Waals surface area contributed by atoms with Crippen LogP contribution < -0.4 is 4.74 Å². The van der Waals surface area contributed by atoms with E-state index in [1.165, 1.54) is 11.6 Å². The Labute approximate surface area is 247 Å². The van der Waals surface area contributed by atoms with Gasteiger partial charge in [0, 0.05) is 19.7 Å². The molecule has 1 aromatic rings. The number of aliphatic carboxylic acids is 2. The Kier molecular flexibility index (Phi) is 11.3. The lowest BCUT2D eigenvalue weighted by Crippen LogP contribution is -2.55. The lowest BCUT2D eigenvalue weighted by molar-refractivity contribution is -0.166. The third-order valence-corrected chi connectivity index (χ3v) is 7.79. The summed E-state index contributed by atoms with van der Waals surface area (Å²) in [6.45, 7) is 8.54. The Morgan fingerprint density at radius 1 is 1.12 bits per heavy atom. The van der Waals surface area contributed by atoms with Crippen molar-refractivity contribution in [3.63, 3.8) is 0 Å². The first kappa shape index (κ1) is 33.3. The van der Waals surface area contributed by atoms with Crippen LogP contribution in [0.1, 0.15) is 45.6 Å². The van der Waals surface area contributed by atoms with E-state index in [-0.39, 0.29) is 41.4 Å². The van der Waals surface area contributed by atoms with Crippen molar-refractivity contribution >= 4 is 24.0 Å². The topological polar surface area (TPSA) is 148 Å². The van der Waals surface area contributed by atoms with Crippen LogP contribution in [0.2, 0.25) is 0 Å². The van der Waals surface area contributed by atoms with Crippen LogP contribution in [-0.2, 0) is 33.3 Å². The van der Waals surface area contributed by atoms with Crippen LogP contribution in [0.15, 0.2) is 42.0 Å². The molecule has 11 nitrogen and oxygen atoms in total. The Bertz CT molecular complexity index is 1140. The van der Waals surface area contributed by atoms with E-state index in [1.807, 2.05) is 38.4 Å². The van der Waals surface area contributed by atoms with Crippen LogP contribution in [0.5, 0.6) is 5.75 Å². The number of hydrogen-bond donors (Lipinski definition) is 2. The summed E-state index contributed by atoms with van der Waals surface area (Å²) in [4.78, 5) is 33.0. The Morgan fingerprint density at radius 3 is 2.29 bits per heavy atom. The number of likely N-dealkylation sites (N-methyl/N-ethyl adjacent to an activating group) is 1. The number of methoxy groups -OCH3 is 1. The number of rotatable bonds is 11. The second-order valence-electron chi connectivity index (χ2n) is 11.5. The number of nitrogens with zero attached hydrogens (tertiary/aromatic N) is 1. The zero-order chi connectivity index (χ0) is 31.1. The van der Waals surface area contributed by atoms with Crippen molar-refractivity contribution in [1.29, 1.82) is 0 Å². The standard InChI is InChI=1S/C29H41NO6.C2H2O4/c1-20(2)7-13-24-28(3,36-24)27-26(32-6)23(15-16-29(27)19-34-29)35-25(31)14-10-21-8-11-22(12-9-21)33-18-17-30(4)5;3-1(4)2(5)6/h7-12,14,23-24,26-27H,13,15-19H2,1-6H3;(H,3,4)(H,5,6). The summed E-state index contributed by atoms with van der Waals surface area (Å²) in [5.41, 5.74) is 1.61. The minimum absolute atomic E-state index is 0.0149. The number of epoxide rings is 2. The average molecular weight is 590 g/mol. The molecule has 3 fully saturated rings. The molecule has 6 atom stereocenters. The zero-order valence-corrected chi connectivity index (χ0v) is 25.2. The number of benzene rings is 1. The molecule has 6 unspecified atom stereocenters. The first-order chi connectivity index (χ1) is 19.8. The van der Waals surface area contributed by atoms with E-state index in [1.54, 1.807) is 13.2 Å². The zero-order valence-electron chi connectivity index (χ0n) is 25.2. The van der Waals surface area contributed by atoms with Crippen molar-refractivity contribution in [3.05, 3.63) is 47.6 Å². The van der Waals surface area contributed by atoms with Gasteiger partial charge in [-0.25, -0.2) is 14.4 Å². The second kappa shape index (κ2) is 14.3. The van der Waals surface area contributed by atoms with E-state index in [9.17, 15) is 4.79 Å². The lowest BCUT2D eigenvalue weighted by Gasteiger charge is -2.42. The van der Waals surface area contributed by atoms with E-state index in [2.05, 4.69) is 31.7 Å². The highest BCUT2D eigenvalue weighted by atomic mass is 16.6. The van der Waals surface area contributed by atoms with Gasteiger partial charge in [-0.2, -0.15) is 0 Å². The molecule has 3 aliphatic rings. The monoisotopic (exact) mass is 589 g/mol. The Hall–Kier alpha value is -3.25. The van der Waals surface area contributed by atoms with Crippen molar-refractivity contribution in [3.8, 4) is 5.75 Å². The summed E-state index contributed by atoms with van der Waals surface area (Å²) in [6, 6.07) is 7.67. The van der Waals surface area contributed by atoms with E-state index in [4.69, 9.17) is 43.5 Å². The highest BCUT2D eigenvalue weighted by Crippen LogP contribution is 2.59. The molecule has 0 aromatic heterocycles. The normalized spacial score (nSPS) is 29.4. The van der Waals surface area contributed by atoms with E-state index < -0.39 is 11.9 Å². The molecule has 1 aromatic carbocycles. The van der Waals surface area contributed by atoms with Gasteiger partial charge in [0.2, 0.25) is 0 Å². The summed E-state index contributed by atoms with van der Waals surface area (Å²) < 4.78 is 29.8. The van der Waals surface area contributed by atoms with Crippen LogP contribution in [-0.4, -0.2) is 103 Å². The first-order valence-electron chi connectivity index (χ1n) is 14.0. The summed E-state index contributed by atoms with van der Waals surface area (Å²) in [7, 11) is 5.72. The van der Waals surface area contributed by atoms with Crippen molar-refractivity contribution in [1.82, 2.24) is 4.90 Å². The Morgan fingerprint density at radius 2 is 1.76 bits per heavy atom. The van der Waals surface area contributed by atoms with E-state index in [0.717, 1.165) is 30.7 Å². The predicted molar refractivity (Wildman–Crippen MR) is 154 cm³/mol. The van der Waals surface area contributed by atoms with E-state index >= 15 is 0 Å². The largest absolute Gasteiger partial charge is 0.492 e. The van der Waals surface area contributed by atoms with Gasteiger partial charge in [-0.15, -0.1) is 0 Å². The third kappa shape index (κ3) is 8.87. The molecule has 2 N–H and O–H groups in total. The van der Waals surface area contributed by atoms with Crippen LogP contribution >= 0.6 is 0 Å². The maximum atomic E-state index is 12.7. The number of hydrogen-bond acceptors (Lipinski definition) is 9. The molecule has 42 heavy (non-hydrogen) atoms. The van der Waals surface area contributed by atoms with Gasteiger partial charge in [0.1, 0.15) is 35.8 Å². The molecule has 1 aliphatic carbocycles. The number of ether oxygens (including phenoxy) is 5. The van der Waals surface area contributed by atoms with Crippen LogP contribution in [0, 0.1) is 5.92 Å². The quantitative estimate of drug-likeness (QED) is 0.129. The molecular weight excluding hydrogens is 546 g/mol. The summed E-state index contributed by atoms with van der Waals surface area (Å²) in [6.07, 6.45) is 7.38. The van der Waals surface area contributed by atoms with Crippen LogP contribution in [0.25, 0.3) is 6.08 Å². The van der Waals surface area contributed by atoms with Gasteiger partial charge in [-0.05, 0) is 77.9 Å². The average Bonchev–Trinajstić information content (AvgIpc) is 3.85. The number of carboxylic acids is 2. The SMILES string of the molecule is COC1C(OC(=O)C=Cc2ccc(OCCN(C)C)cc2)CCC2(CO2)C1C1(C)OC1CC=C(C)C.O=C(O)C(=O)O. The van der Waals surface area contributed by atoms with E-state index in [0.29, 0.717) is 19.6 Å². The van der Waals surface area contributed by atoms with Gasteiger partial charge in [-0.3, -0.25) is 0 Å². The number of carbonyl (C=O) groups excluding carboxylic acids is 1. The fraction of sp³-hybridized carbons (Fsp3) is 0.581. The van der Waals surface area contributed by atoms with Crippen molar-refractivity contribution in [2.24, 2.45) is 5.92 Å². The maximum Gasteiger partial charge on any atom is 0.414 e. The highest BCUT2D eigenvalue weighted by molar-refractivity contribution is 6.27. The van der Waals surface area contributed by atoms with Crippen LogP contribution in [0.4, 0.5) is 0 Å². The Balaban J connectivity index is 0.000000730. The van der Waals surface area contributed by atoms with Crippen LogP contribution in [0.3, 0.4) is 0 Å². The number of carboxylic acid groups (broad SMARTS) is 2. The molecule has 0 radical (unpaired) electrons. The van der Waals surface area contributed by atoms with Gasteiger partial charge >= 0.3 is 17.9 Å². The fourth-order valence-electron chi connectivity index (χ4n) is 5.44. The lowest BCUT2D eigenvalue weighted by atomic mass is 9.68. The number of esters is 1. The molecule has 232 valence electrons. The summed E-state index contributed by atoms with van der Waals surface area (Å²) in [5, 5.41) is 14.8. The molecule has 11 heteroatoms. The fourth-order valence-corrected chi connectivity index (χ4v) is 5.44. The summed E-state index contributed by atoms with van der Waals surface area (Å²) >= 11 is 0. The molecule has 0 amide bonds. The van der Waals surface area contributed by atoms with Gasteiger partial charge in [0.05, 0.1) is 18.6 Å². The minimum atomic E-state index is -1.82. The van der Waals surface area contributed by atoms with Crippen molar-refractivity contribution in [2.45, 2.75) is 69.5 Å². The van der Waals surface area contributed by atoms with Gasteiger partial charge in [0.25, 0.3) is 0 Å². The first-order valence-corrected chi connectivity index (χ1v) is 14.0. The number of carbonyl (C=O) groups is 3. The smallest absolute Gasteiger partial charge is 0.414 e. The predicted octanol–water partition coefficient (Wildman–Crippen LogP) is 3.42. The van der Waals surface area contributed by atoms with Gasteiger partial charge in [-0.1, -0.05) is 23.8 Å². The van der Waals surface area contributed by atoms with Gasteiger partial charge in [0.15, 0.2) is 0 Å². The van der Waals surface area contributed by atoms with Gasteiger partial charge < -0.3 is 38.8 Å². The molecule has 1 saturated carbocycles. The van der Waals surface area contributed by atoms with Crippen molar-refractivity contribution in [2.75, 3.05) is 41.0 Å². The molecule has 4 rings (SSSR count). The third-order valence-electron chi connectivity index (χ3n) is 7.79. The molecular formula is C31H43NO10. The minimum Gasteiger partial charge on any atom is -0.492 e. The molecule has 2 heterocycles. The highest BCUT2D eigenvalue weighted by Gasteiger charge is 2.72. The maximum absolute atomic E-state index is 12.7. The summed E-state index contributed by atoms with van der Waals surface area (Å²) in [5.74, 6) is -3.20. The molecule has 2 saturated heterocycles. The molecule has 2 aliphatic heterocycles.